The van der Waals surface area contributed by atoms with Crippen LogP contribution in [0.15, 0.2) is 12.4 Å². The first-order chi connectivity index (χ1) is 12.2. The first-order valence-corrected chi connectivity index (χ1v) is 9.38. The van der Waals surface area contributed by atoms with Crippen LogP contribution in [0.2, 0.25) is 0 Å². The second kappa shape index (κ2) is 7.22. The number of nitrogens with zero attached hydrogens (tertiary/aromatic N) is 5. The Bertz CT molecular complexity index is 744. The molecule has 4 heterocycles. The van der Waals surface area contributed by atoms with Gasteiger partial charge in [-0.3, -0.25) is 0 Å². The van der Waals surface area contributed by atoms with E-state index in [4.69, 9.17) is 4.74 Å². The molecular weight excluding hydrogens is 314 g/mol. The van der Waals surface area contributed by atoms with Crippen molar-refractivity contribution in [2.75, 3.05) is 44.2 Å². The molecule has 1 atom stereocenters. The van der Waals surface area contributed by atoms with Crippen LogP contribution in [0.3, 0.4) is 0 Å². The van der Waals surface area contributed by atoms with Crippen LogP contribution in [-0.4, -0.2) is 65.3 Å². The molecule has 25 heavy (non-hydrogen) atoms. The zero-order chi connectivity index (χ0) is 17.2. The molecule has 2 aliphatic rings. The van der Waals surface area contributed by atoms with Crippen LogP contribution in [0.4, 0.5) is 5.82 Å². The third-order valence-corrected chi connectivity index (χ3v) is 5.22. The summed E-state index contributed by atoms with van der Waals surface area (Å²) in [5, 5.41) is 1.08. The van der Waals surface area contributed by atoms with Crippen LogP contribution in [0.25, 0.3) is 11.0 Å². The minimum atomic E-state index is 0.240. The number of aryl methyl sites for hydroxylation is 2. The van der Waals surface area contributed by atoms with Crippen molar-refractivity contribution < 1.29 is 4.74 Å². The summed E-state index contributed by atoms with van der Waals surface area (Å²) >= 11 is 0. The summed E-state index contributed by atoms with van der Waals surface area (Å²) in [7, 11) is 0. The summed E-state index contributed by atoms with van der Waals surface area (Å²) in [6, 6.07) is 2.12. The van der Waals surface area contributed by atoms with Gasteiger partial charge in [0.25, 0.3) is 0 Å². The quantitative estimate of drug-likeness (QED) is 0.854. The normalized spacial score (nSPS) is 22.5. The van der Waals surface area contributed by atoms with E-state index in [1.165, 1.54) is 31.5 Å². The van der Waals surface area contributed by atoms with Crippen LogP contribution in [-0.2, 0) is 4.74 Å². The van der Waals surface area contributed by atoms with Crippen molar-refractivity contribution in [2.24, 2.45) is 0 Å². The maximum absolute atomic E-state index is 6.14. The molecule has 4 rings (SSSR count). The van der Waals surface area contributed by atoms with Gasteiger partial charge in [-0.15, -0.1) is 0 Å². The Morgan fingerprint density at radius 3 is 2.80 bits per heavy atom. The smallest absolute Gasteiger partial charge is 0.165 e. The minimum absolute atomic E-state index is 0.240. The van der Waals surface area contributed by atoms with Crippen LogP contribution < -0.4 is 4.90 Å². The van der Waals surface area contributed by atoms with Crippen molar-refractivity contribution in [3.63, 3.8) is 0 Å². The van der Waals surface area contributed by atoms with E-state index in [9.17, 15) is 0 Å². The topological polar surface area (TPSA) is 54.4 Å². The van der Waals surface area contributed by atoms with Gasteiger partial charge in [-0.05, 0) is 57.8 Å². The Morgan fingerprint density at radius 2 is 1.96 bits per heavy atom. The van der Waals surface area contributed by atoms with Crippen molar-refractivity contribution in [3.8, 4) is 0 Å². The molecule has 2 saturated heterocycles. The molecule has 0 amide bonds. The van der Waals surface area contributed by atoms with E-state index in [0.717, 1.165) is 55.2 Å². The molecule has 1 unspecified atom stereocenters. The van der Waals surface area contributed by atoms with Gasteiger partial charge in [0, 0.05) is 31.9 Å². The standard InChI is InChI=1S/C19H27N5O/c1-14-10-15(2)22-18-17(14)19(21-13-20-18)24-8-5-9-25-16(12-24)11-23-6-3-4-7-23/h10,13,16H,3-9,11-12H2,1-2H3. The summed E-state index contributed by atoms with van der Waals surface area (Å²) < 4.78 is 6.14. The van der Waals surface area contributed by atoms with E-state index in [1.807, 2.05) is 6.92 Å². The van der Waals surface area contributed by atoms with E-state index in [-0.39, 0.29) is 6.10 Å². The molecule has 0 bridgehead atoms. The Balaban J connectivity index is 1.62. The number of likely N-dealkylation sites (tertiary alicyclic amines) is 1. The molecule has 2 fully saturated rings. The van der Waals surface area contributed by atoms with Gasteiger partial charge < -0.3 is 14.5 Å². The van der Waals surface area contributed by atoms with Crippen molar-refractivity contribution in [1.29, 1.82) is 0 Å². The number of ether oxygens (including phenoxy) is 1. The van der Waals surface area contributed by atoms with Crippen LogP contribution in [0.1, 0.15) is 30.5 Å². The molecule has 0 aromatic carbocycles. The molecule has 0 aliphatic carbocycles. The van der Waals surface area contributed by atoms with Gasteiger partial charge in [0.1, 0.15) is 12.1 Å². The van der Waals surface area contributed by atoms with Crippen LogP contribution in [0, 0.1) is 13.8 Å². The number of aromatic nitrogens is 3. The molecule has 6 heteroatoms. The highest BCUT2D eigenvalue weighted by molar-refractivity contribution is 5.90. The number of pyridine rings is 1. The molecule has 2 aromatic rings. The lowest BCUT2D eigenvalue weighted by atomic mass is 10.1. The molecule has 0 radical (unpaired) electrons. The Kier molecular flexibility index (Phi) is 4.81. The van der Waals surface area contributed by atoms with E-state index in [1.54, 1.807) is 6.33 Å². The summed E-state index contributed by atoms with van der Waals surface area (Å²) in [6.45, 7) is 10.3. The molecule has 0 saturated carbocycles. The lowest BCUT2D eigenvalue weighted by Gasteiger charge is -2.28. The van der Waals surface area contributed by atoms with Gasteiger partial charge in [0.15, 0.2) is 5.65 Å². The molecule has 2 aromatic heterocycles. The van der Waals surface area contributed by atoms with Gasteiger partial charge in [-0.2, -0.15) is 0 Å². The average molecular weight is 341 g/mol. The highest BCUT2D eigenvalue weighted by Gasteiger charge is 2.25. The summed E-state index contributed by atoms with van der Waals surface area (Å²) in [4.78, 5) is 18.5. The molecule has 134 valence electrons. The number of anilines is 1. The Morgan fingerprint density at radius 1 is 1.12 bits per heavy atom. The van der Waals surface area contributed by atoms with Gasteiger partial charge >= 0.3 is 0 Å². The number of rotatable bonds is 3. The number of fused-ring (bicyclic) bond motifs is 1. The van der Waals surface area contributed by atoms with Gasteiger partial charge in [-0.1, -0.05) is 0 Å². The molecule has 2 aliphatic heterocycles. The highest BCUT2D eigenvalue weighted by atomic mass is 16.5. The summed E-state index contributed by atoms with van der Waals surface area (Å²) in [6.07, 6.45) is 5.55. The minimum Gasteiger partial charge on any atom is -0.375 e. The predicted octanol–water partition coefficient (Wildman–Crippen LogP) is 2.33. The van der Waals surface area contributed by atoms with Crippen molar-refractivity contribution >= 4 is 16.9 Å². The third kappa shape index (κ3) is 3.60. The van der Waals surface area contributed by atoms with E-state index in [2.05, 4.69) is 37.7 Å². The third-order valence-electron chi connectivity index (χ3n) is 5.22. The van der Waals surface area contributed by atoms with Crippen LogP contribution in [0.5, 0.6) is 0 Å². The zero-order valence-corrected chi connectivity index (χ0v) is 15.2. The van der Waals surface area contributed by atoms with Gasteiger partial charge in [0.2, 0.25) is 0 Å². The Labute approximate surface area is 149 Å². The number of hydrogen-bond acceptors (Lipinski definition) is 6. The molecule has 0 spiro atoms. The zero-order valence-electron chi connectivity index (χ0n) is 15.2. The average Bonchev–Trinajstić information content (AvgIpc) is 2.98. The van der Waals surface area contributed by atoms with E-state index >= 15 is 0 Å². The van der Waals surface area contributed by atoms with E-state index < -0.39 is 0 Å². The SMILES string of the molecule is Cc1cc(C)c2c(N3CCCOC(CN4CCCC4)C3)ncnc2n1. The maximum atomic E-state index is 6.14. The van der Waals surface area contributed by atoms with Crippen LogP contribution >= 0.6 is 0 Å². The fourth-order valence-electron chi connectivity index (χ4n) is 4.08. The fourth-order valence-corrected chi connectivity index (χ4v) is 4.08. The predicted molar refractivity (Wildman–Crippen MR) is 99.1 cm³/mol. The van der Waals surface area contributed by atoms with Crippen molar-refractivity contribution in [2.45, 2.75) is 39.2 Å². The Hall–Kier alpha value is -1.79. The highest BCUT2D eigenvalue weighted by Crippen LogP contribution is 2.27. The molecular formula is C19H27N5O. The van der Waals surface area contributed by atoms with Gasteiger partial charge in [0.05, 0.1) is 11.5 Å². The first-order valence-electron chi connectivity index (χ1n) is 9.38. The van der Waals surface area contributed by atoms with E-state index in [0.29, 0.717) is 0 Å². The number of hydrogen-bond donors (Lipinski definition) is 0. The molecule has 6 nitrogen and oxygen atoms in total. The van der Waals surface area contributed by atoms with Crippen molar-refractivity contribution in [1.82, 2.24) is 19.9 Å². The van der Waals surface area contributed by atoms with Gasteiger partial charge in [-0.25, -0.2) is 15.0 Å². The summed E-state index contributed by atoms with van der Waals surface area (Å²) in [5.74, 6) is 1.01. The second-order valence-electron chi connectivity index (χ2n) is 7.28. The second-order valence-corrected chi connectivity index (χ2v) is 7.28. The summed E-state index contributed by atoms with van der Waals surface area (Å²) in [5.41, 5.74) is 2.99. The monoisotopic (exact) mass is 341 g/mol. The largest absolute Gasteiger partial charge is 0.375 e. The maximum Gasteiger partial charge on any atom is 0.165 e. The lowest BCUT2D eigenvalue weighted by molar-refractivity contribution is 0.0450. The first kappa shape index (κ1) is 16.7. The van der Waals surface area contributed by atoms with Crippen molar-refractivity contribution in [3.05, 3.63) is 23.7 Å². The molecule has 0 N–H and O–H groups in total. The fraction of sp³-hybridized carbons (Fsp3) is 0.632. The lowest BCUT2D eigenvalue weighted by Crippen LogP contribution is -2.39.